The Labute approximate surface area is 113 Å². The number of carboxylic acid groups (broad SMARTS) is 1. The fourth-order valence-corrected chi connectivity index (χ4v) is 2.72. The van der Waals surface area contributed by atoms with E-state index in [1.807, 2.05) is 18.2 Å². The summed E-state index contributed by atoms with van der Waals surface area (Å²) >= 11 is 1.29. The van der Waals surface area contributed by atoms with Crippen molar-refractivity contribution in [3.8, 4) is 5.75 Å². The topological polar surface area (TPSA) is 71.5 Å². The molecule has 19 heavy (non-hydrogen) atoms. The lowest BCUT2D eigenvalue weighted by atomic mass is 10.1. The molecule has 1 unspecified atom stereocenters. The van der Waals surface area contributed by atoms with Gasteiger partial charge in [-0.25, -0.2) is 9.78 Å². The Bertz CT molecular complexity index is 586. The number of thiazole rings is 1. The van der Waals surface area contributed by atoms with E-state index in [0.717, 1.165) is 12.2 Å². The summed E-state index contributed by atoms with van der Waals surface area (Å²) in [6.07, 6.45) is 0.926. The standard InChI is InChI=1S/C13H12N2O3S/c16-12(17)10-7-19-13(15-10)14-6-9-5-8-3-1-2-4-11(8)18-9/h1-4,7,9H,5-6H2,(H,14,15)(H,16,17). The zero-order valence-corrected chi connectivity index (χ0v) is 10.8. The number of carboxylic acids is 1. The van der Waals surface area contributed by atoms with Crippen LogP contribution in [0.2, 0.25) is 0 Å². The number of anilines is 1. The second kappa shape index (κ2) is 4.89. The molecule has 0 saturated heterocycles. The summed E-state index contributed by atoms with van der Waals surface area (Å²) < 4.78 is 5.78. The first-order valence-electron chi connectivity index (χ1n) is 5.89. The van der Waals surface area contributed by atoms with Crippen molar-refractivity contribution in [2.45, 2.75) is 12.5 Å². The largest absolute Gasteiger partial charge is 0.488 e. The van der Waals surface area contributed by atoms with Crippen molar-refractivity contribution in [1.29, 1.82) is 0 Å². The summed E-state index contributed by atoms with van der Waals surface area (Å²) in [7, 11) is 0. The third-order valence-corrected chi connectivity index (χ3v) is 3.72. The van der Waals surface area contributed by atoms with Crippen molar-refractivity contribution in [3.05, 3.63) is 40.9 Å². The third-order valence-electron chi connectivity index (χ3n) is 2.92. The number of carbonyl (C=O) groups is 1. The van der Waals surface area contributed by atoms with Crippen molar-refractivity contribution in [2.75, 3.05) is 11.9 Å². The monoisotopic (exact) mass is 276 g/mol. The molecule has 0 aliphatic carbocycles. The lowest BCUT2D eigenvalue weighted by Gasteiger charge is -2.10. The second-order valence-electron chi connectivity index (χ2n) is 4.28. The molecule has 1 aliphatic heterocycles. The van der Waals surface area contributed by atoms with Crippen LogP contribution in [-0.4, -0.2) is 28.7 Å². The maximum Gasteiger partial charge on any atom is 0.355 e. The highest BCUT2D eigenvalue weighted by Gasteiger charge is 2.22. The van der Waals surface area contributed by atoms with E-state index in [-0.39, 0.29) is 11.8 Å². The molecule has 1 aromatic heterocycles. The second-order valence-corrected chi connectivity index (χ2v) is 5.13. The van der Waals surface area contributed by atoms with Crippen LogP contribution in [0.4, 0.5) is 5.13 Å². The molecule has 5 nitrogen and oxygen atoms in total. The summed E-state index contributed by atoms with van der Waals surface area (Å²) in [5.41, 5.74) is 1.28. The predicted molar refractivity (Wildman–Crippen MR) is 72.1 cm³/mol. The van der Waals surface area contributed by atoms with Gasteiger partial charge in [0, 0.05) is 11.8 Å². The minimum Gasteiger partial charge on any atom is -0.488 e. The highest BCUT2D eigenvalue weighted by Crippen LogP contribution is 2.28. The number of benzene rings is 1. The predicted octanol–water partition coefficient (Wildman–Crippen LogP) is 2.26. The SMILES string of the molecule is O=C(O)c1csc(NCC2Cc3ccccc3O2)n1. The highest BCUT2D eigenvalue weighted by atomic mass is 32.1. The molecule has 0 spiro atoms. The summed E-state index contributed by atoms with van der Waals surface area (Å²) in [4.78, 5) is 14.7. The van der Waals surface area contributed by atoms with Gasteiger partial charge < -0.3 is 15.2 Å². The fraction of sp³-hybridized carbons (Fsp3) is 0.231. The van der Waals surface area contributed by atoms with Gasteiger partial charge in [0.1, 0.15) is 11.9 Å². The van der Waals surface area contributed by atoms with E-state index < -0.39 is 5.97 Å². The van der Waals surface area contributed by atoms with Gasteiger partial charge in [-0.05, 0) is 11.6 Å². The van der Waals surface area contributed by atoms with Gasteiger partial charge in [0.2, 0.25) is 0 Å². The minimum atomic E-state index is -1.01. The van der Waals surface area contributed by atoms with Crippen LogP contribution in [0, 0.1) is 0 Å². The van der Waals surface area contributed by atoms with Gasteiger partial charge >= 0.3 is 5.97 Å². The first-order chi connectivity index (χ1) is 9.22. The lowest BCUT2D eigenvalue weighted by molar-refractivity contribution is 0.0691. The van der Waals surface area contributed by atoms with E-state index in [9.17, 15) is 4.79 Å². The molecule has 1 aliphatic rings. The Morgan fingerprint density at radius 2 is 2.37 bits per heavy atom. The first kappa shape index (κ1) is 12.0. The van der Waals surface area contributed by atoms with Crippen LogP contribution in [0.1, 0.15) is 16.1 Å². The number of nitrogens with one attached hydrogen (secondary N) is 1. The van der Waals surface area contributed by atoms with Crippen molar-refractivity contribution in [2.24, 2.45) is 0 Å². The van der Waals surface area contributed by atoms with Gasteiger partial charge in [-0.2, -0.15) is 0 Å². The summed E-state index contributed by atoms with van der Waals surface area (Å²) in [6, 6.07) is 7.97. The number of aromatic carboxylic acids is 1. The van der Waals surface area contributed by atoms with E-state index in [1.165, 1.54) is 22.3 Å². The van der Waals surface area contributed by atoms with Crippen LogP contribution < -0.4 is 10.1 Å². The molecule has 0 saturated carbocycles. The number of hydrogen-bond acceptors (Lipinski definition) is 5. The molecule has 2 N–H and O–H groups in total. The molecule has 0 bridgehead atoms. The Morgan fingerprint density at radius 3 is 3.11 bits per heavy atom. The number of rotatable bonds is 4. The van der Waals surface area contributed by atoms with Crippen molar-refractivity contribution in [3.63, 3.8) is 0 Å². The van der Waals surface area contributed by atoms with Gasteiger partial charge in [0.15, 0.2) is 10.8 Å². The molecule has 3 rings (SSSR count). The van der Waals surface area contributed by atoms with Gasteiger partial charge in [-0.1, -0.05) is 18.2 Å². The van der Waals surface area contributed by atoms with E-state index in [4.69, 9.17) is 9.84 Å². The number of nitrogens with zero attached hydrogens (tertiary/aromatic N) is 1. The Balaban J connectivity index is 1.58. The number of ether oxygens (including phenoxy) is 1. The van der Waals surface area contributed by atoms with E-state index in [0.29, 0.717) is 11.7 Å². The molecule has 0 radical (unpaired) electrons. The van der Waals surface area contributed by atoms with Crippen LogP contribution in [-0.2, 0) is 6.42 Å². The molecule has 1 atom stereocenters. The quantitative estimate of drug-likeness (QED) is 0.896. The van der Waals surface area contributed by atoms with Crippen LogP contribution in [0.25, 0.3) is 0 Å². The van der Waals surface area contributed by atoms with Crippen molar-refractivity contribution < 1.29 is 14.6 Å². The van der Waals surface area contributed by atoms with E-state index in [2.05, 4.69) is 16.4 Å². The smallest absolute Gasteiger partial charge is 0.355 e. The van der Waals surface area contributed by atoms with E-state index in [1.54, 1.807) is 0 Å². The molecule has 98 valence electrons. The zero-order valence-electron chi connectivity index (χ0n) is 10.00. The van der Waals surface area contributed by atoms with Crippen molar-refractivity contribution in [1.82, 2.24) is 4.98 Å². The number of hydrogen-bond donors (Lipinski definition) is 2. The maximum absolute atomic E-state index is 10.7. The third kappa shape index (κ3) is 2.53. The molecule has 2 heterocycles. The van der Waals surface area contributed by atoms with Gasteiger partial charge in [0.25, 0.3) is 0 Å². The van der Waals surface area contributed by atoms with Gasteiger partial charge in [-0.15, -0.1) is 11.3 Å². The van der Waals surface area contributed by atoms with Crippen LogP contribution in [0.15, 0.2) is 29.6 Å². The number of aromatic nitrogens is 1. The molecule has 0 fully saturated rings. The number of fused-ring (bicyclic) bond motifs is 1. The normalized spacial score (nSPS) is 16.7. The lowest BCUT2D eigenvalue weighted by Crippen LogP contribution is -2.23. The summed E-state index contributed by atoms with van der Waals surface area (Å²) in [6.45, 7) is 0.612. The van der Waals surface area contributed by atoms with Gasteiger partial charge in [0.05, 0.1) is 6.54 Å². The highest BCUT2D eigenvalue weighted by molar-refractivity contribution is 7.13. The first-order valence-corrected chi connectivity index (χ1v) is 6.77. The van der Waals surface area contributed by atoms with Gasteiger partial charge in [-0.3, -0.25) is 0 Å². The maximum atomic E-state index is 10.7. The van der Waals surface area contributed by atoms with E-state index >= 15 is 0 Å². The summed E-state index contributed by atoms with van der Waals surface area (Å²) in [5.74, 6) is -0.0755. The average molecular weight is 276 g/mol. The molecule has 2 aromatic rings. The Morgan fingerprint density at radius 1 is 1.53 bits per heavy atom. The number of para-hydroxylation sites is 1. The fourth-order valence-electron chi connectivity index (χ4n) is 2.02. The van der Waals surface area contributed by atoms with Crippen LogP contribution in [0.5, 0.6) is 5.75 Å². The molecule has 0 amide bonds. The molecule has 1 aromatic carbocycles. The molecular weight excluding hydrogens is 264 g/mol. The van der Waals surface area contributed by atoms with Crippen LogP contribution >= 0.6 is 11.3 Å². The molecule has 6 heteroatoms. The molecular formula is C13H12N2O3S. The Hall–Kier alpha value is -2.08. The minimum absolute atomic E-state index is 0.0644. The zero-order chi connectivity index (χ0) is 13.2. The van der Waals surface area contributed by atoms with Crippen molar-refractivity contribution >= 4 is 22.4 Å². The Kier molecular flexibility index (Phi) is 3.08. The summed E-state index contributed by atoms with van der Waals surface area (Å²) in [5, 5.41) is 14.0. The average Bonchev–Trinajstić information content (AvgIpc) is 3.02. The van der Waals surface area contributed by atoms with Crippen LogP contribution in [0.3, 0.4) is 0 Å².